The van der Waals surface area contributed by atoms with Crippen molar-refractivity contribution in [2.24, 2.45) is 0 Å². The molecule has 2 N–H and O–H groups in total. The number of amides is 2. The number of likely N-dealkylation sites (N-methyl/N-ethyl adjacent to an activating group) is 1. The summed E-state index contributed by atoms with van der Waals surface area (Å²) in [6, 6.07) is 3.56. The van der Waals surface area contributed by atoms with E-state index in [0.717, 1.165) is 11.0 Å². The molecule has 0 radical (unpaired) electrons. The summed E-state index contributed by atoms with van der Waals surface area (Å²) in [6.07, 6.45) is -1.36. The van der Waals surface area contributed by atoms with Gasteiger partial charge in [-0.05, 0) is 18.2 Å². The lowest BCUT2D eigenvalue weighted by Gasteiger charge is -2.09. The molecule has 0 unspecified atom stereocenters. The number of rotatable bonds is 1. The SMILES string of the molecule is CN1C(=O)C(F)(F)c2cc(NC(=O)O)ccc21. The fourth-order valence-electron chi connectivity index (χ4n) is 1.72. The third kappa shape index (κ3) is 1.59. The van der Waals surface area contributed by atoms with Gasteiger partial charge in [0, 0.05) is 12.7 Å². The van der Waals surface area contributed by atoms with E-state index in [1.54, 1.807) is 0 Å². The van der Waals surface area contributed by atoms with Gasteiger partial charge in [0.15, 0.2) is 0 Å². The quantitative estimate of drug-likeness (QED) is 0.789. The van der Waals surface area contributed by atoms with E-state index in [4.69, 9.17) is 5.11 Å². The largest absolute Gasteiger partial charge is 0.465 e. The summed E-state index contributed by atoms with van der Waals surface area (Å²) < 4.78 is 27.1. The Morgan fingerprint density at radius 3 is 2.71 bits per heavy atom. The molecule has 2 rings (SSSR count). The molecule has 0 aromatic heterocycles. The number of carbonyl (C=O) groups is 2. The number of fused-ring (bicyclic) bond motifs is 1. The van der Waals surface area contributed by atoms with E-state index in [-0.39, 0.29) is 11.4 Å². The van der Waals surface area contributed by atoms with Gasteiger partial charge < -0.3 is 10.0 Å². The molecule has 1 aromatic carbocycles. The van der Waals surface area contributed by atoms with Crippen LogP contribution in [-0.2, 0) is 10.7 Å². The van der Waals surface area contributed by atoms with E-state index in [1.807, 2.05) is 5.32 Å². The first-order chi connectivity index (χ1) is 7.84. The summed E-state index contributed by atoms with van der Waals surface area (Å²) in [4.78, 5) is 22.5. The minimum atomic E-state index is -3.61. The summed E-state index contributed by atoms with van der Waals surface area (Å²) >= 11 is 0. The van der Waals surface area contributed by atoms with Crippen LogP contribution in [0.15, 0.2) is 18.2 Å². The average molecular weight is 242 g/mol. The number of alkyl halides is 2. The highest BCUT2D eigenvalue weighted by atomic mass is 19.3. The van der Waals surface area contributed by atoms with Gasteiger partial charge in [-0.1, -0.05) is 0 Å². The van der Waals surface area contributed by atoms with Crippen LogP contribution in [0.3, 0.4) is 0 Å². The zero-order valence-corrected chi connectivity index (χ0v) is 8.70. The van der Waals surface area contributed by atoms with Crippen molar-refractivity contribution >= 4 is 23.4 Å². The summed E-state index contributed by atoms with van der Waals surface area (Å²) in [5.41, 5.74) is -0.411. The van der Waals surface area contributed by atoms with E-state index >= 15 is 0 Å². The molecular weight excluding hydrogens is 234 g/mol. The van der Waals surface area contributed by atoms with Crippen LogP contribution in [0.1, 0.15) is 5.56 Å². The molecule has 1 heterocycles. The van der Waals surface area contributed by atoms with E-state index in [2.05, 4.69) is 0 Å². The highest BCUT2D eigenvalue weighted by Crippen LogP contribution is 2.44. The molecule has 2 amide bonds. The monoisotopic (exact) mass is 242 g/mol. The van der Waals surface area contributed by atoms with E-state index in [0.29, 0.717) is 0 Å². The van der Waals surface area contributed by atoms with Crippen LogP contribution in [0.4, 0.5) is 25.0 Å². The molecule has 0 fully saturated rings. The third-order valence-corrected chi connectivity index (χ3v) is 2.52. The van der Waals surface area contributed by atoms with Crippen LogP contribution < -0.4 is 10.2 Å². The first kappa shape index (κ1) is 11.3. The first-order valence-corrected chi connectivity index (χ1v) is 4.64. The van der Waals surface area contributed by atoms with Crippen molar-refractivity contribution in [3.05, 3.63) is 23.8 Å². The lowest BCUT2D eigenvalue weighted by molar-refractivity contribution is -0.141. The van der Waals surface area contributed by atoms with Crippen molar-refractivity contribution in [3.63, 3.8) is 0 Å². The zero-order valence-electron chi connectivity index (χ0n) is 8.70. The number of benzene rings is 1. The van der Waals surface area contributed by atoms with Crippen molar-refractivity contribution in [2.45, 2.75) is 5.92 Å². The lowest BCUT2D eigenvalue weighted by Crippen LogP contribution is -2.31. The molecule has 17 heavy (non-hydrogen) atoms. The van der Waals surface area contributed by atoms with Crippen LogP contribution in [0.5, 0.6) is 0 Å². The van der Waals surface area contributed by atoms with E-state index in [9.17, 15) is 18.4 Å². The van der Waals surface area contributed by atoms with Crippen molar-refractivity contribution < 1.29 is 23.5 Å². The Kier molecular flexibility index (Phi) is 2.27. The van der Waals surface area contributed by atoms with Crippen LogP contribution >= 0.6 is 0 Å². The van der Waals surface area contributed by atoms with Gasteiger partial charge in [-0.2, -0.15) is 8.78 Å². The number of anilines is 2. The summed E-state index contributed by atoms with van der Waals surface area (Å²) in [6.45, 7) is 0. The minimum absolute atomic E-state index is 0.000903. The molecule has 0 atom stereocenters. The number of hydrogen-bond acceptors (Lipinski definition) is 2. The van der Waals surface area contributed by atoms with Gasteiger partial charge in [0.05, 0.1) is 11.3 Å². The Bertz CT molecular complexity index is 516. The predicted octanol–water partition coefficient (Wildman–Crippen LogP) is 1.84. The van der Waals surface area contributed by atoms with Crippen molar-refractivity contribution in [2.75, 3.05) is 17.3 Å². The van der Waals surface area contributed by atoms with Gasteiger partial charge in [0.25, 0.3) is 0 Å². The summed E-state index contributed by atoms with van der Waals surface area (Å²) in [5.74, 6) is -4.93. The highest BCUT2D eigenvalue weighted by Gasteiger charge is 2.51. The van der Waals surface area contributed by atoms with Crippen molar-refractivity contribution in [3.8, 4) is 0 Å². The molecule has 0 saturated carbocycles. The Morgan fingerprint density at radius 2 is 2.12 bits per heavy atom. The second-order valence-corrected chi connectivity index (χ2v) is 3.60. The molecule has 90 valence electrons. The maximum absolute atomic E-state index is 13.5. The van der Waals surface area contributed by atoms with Crippen molar-refractivity contribution in [1.82, 2.24) is 0 Å². The van der Waals surface area contributed by atoms with Gasteiger partial charge in [-0.3, -0.25) is 10.1 Å². The smallest absolute Gasteiger partial charge is 0.409 e. The van der Waals surface area contributed by atoms with Gasteiger partial charge >= 0.3 is 17.9 Å². The van der Waals surface area contributed by atoms with E-state index in [1.165, 1.54) is 19.2 Å². The van der Waals surface area contributed by atoms with Crippen molar-refractivity contribution in [1.29, 1.82) is 0 Å². The Balaban J connectivity index is 2.50. The fourth-order valence-corrected chi connectivity index (χ4v) is 1.72. The van der Waals surface area contributed by atoms with Crippen LogP contribution in [0.2, 0.25) is 0 Å². The van der Waals surface area contributed by atoms with E-state index < -0.39 is 23.5 Å². The number of carboxylic acid groups (broad SMARTS) is 1. The van der Waals surface area contributed by atoms with Gasteiger partial charge in [-0.15, -0.1) is 0 Å². The maximum atomic E-state index is 13.5. The third-order valence-electron chi connectivity index (χ3n) is 2.52. The maximum Gasteiger partial charge on any atom is 0.409 e. The highest BCUT2D eigenvalue weighted by molar-refractivity contribution is 6.06. The topological polar surface area (TPSA) is 69.6 Å². The second-order valence-electron chi connectivity index (χ2n) is 3.60. The Hall–Kier alpha value is -2.18. The molecule has 1 aliphatic rings. The number of nitrogens with zero attached hydrogens (tertiary/aromatic N) is 1. The molecular formula is C10H8F2N2O3. The van der Waals surface area contributed by atoms with Crippen LogP contribution in [0.25, 0.3) is 0 Å². The van der Waals surface area contributed by atoms with Gasteiger partial charge in [0.2, 0.25) is 0 Å². The molecule has 5 nitrogen and oxygen atoms in total. The fraction of sp³-hybridized carbons (Fsp3) is 0.200. The number of halogens is 2. The Labute approximate surface area is 94.6 Å². The number of nitrogens with one attached hydrogen (secondary N) is 1. The molecule has 1 aromatic rings. The first-order valence-electron chi connectivity index (χ1n) is 4.64. The molecule has 0 bridgehead atoms. The average Bonchev–Trinajstić information content (AvgIpc) is 2.40. The van der Waals surface area contributed by atoms with Crippen LogP contribution in [-0.4, -0.2) is 24.2 Å². The van der Waals surface area contributed by atoms with Gasteiger partial charge in [0.1, 0.15) is 0 Å². The molecule has 0 saturated heterocycles. The van der Waals surface area contributed by atoms with Gasteiger partial charge in [-0.25, -0.2) is 4.79 Å². The second kappa shape index (κ2) is 3.41. The summed E-state index contributed by atoms with van der Waals surface area (Å²) in [5, 5.41) is 10.4. The van der Waals surface area contributed by atoms with Crippen LogP contribution in [0, 0.1) is 0 Å². The lowest BCUT2D eigenvalue weighted by atomic mass is 10.1. The zero-order chi connectivity index (χ0) is 12.8. The molecule has 7 heteroatoms. The molecule has 0 spiro atoms. The number of carbonyl (C=O) groups excluding carboxylic acids is 1. The molecule has 1 aliphatic heterocycles. The standard InChI is InChI=1S/C10H8F2N2O3/c1-14-7-3-2-5(13-9(16)17)4-6(7)10(11,12)8(14)15/h2-4,13H,1H3,(H,16,17). The predicted molar refractivity (Wildman–Crippen MR) is 55.4 cm³/mol. The normalized spacial score (nSPS) is 16.9. The number of hydrogen-bond donors (Lipinski definition) is 2. The Morgan fingerprint density at radius 1 is 1.47 bits per heavy atom. The molecule has 0 aliphatic carbocycles. The minimum Gasteiger partial charge on any atom is -0.465 e. The summed E-state index contributed by atoms with van der Waals surface area (Å²) in [7, 11) is 1.24.